The van der Waals surface area contributed by atoms with Crippen LogP contribution in [0, 0.1) is 17.6 Å². The minimum atomic E-state index is -0.771. The third kappa shape index (κ3) is 2.62. The SMILES string of the molecule is Fc1ccc(C(Br)C2CCCCC2)cc1F. The second-order valence-corrected chi connectivity index (χ2v) is 5.46. The molecule has 16 heavy (non-hydrogen) atoms. The molecule has 1 aromatic rings. The molecule has 1 unspecified atom stereocenters. The van der Waals surface area contributed by atoms with Crippen molar-refractivity contribution in [3.8, 4) is 0 Å². The average Bonchev–Trinajstić information content (AvgIpc) is 2.33. The molecular formula is C13H15BrF2. The Kier molecular flexibility index (Phi) is 3.95. The van der Waals surface area contributed by atoms with E-state index in [1.807, 2.05) is 0 Å². The van der Waals surface area contributed by atoms with E-state index in [0.717, 1.165) is 5.56 Å². The van der Waals surface area contributed by atoms with Crippen LogP contribution in [0.25, 0.3) is 0 Å². The monoisotopic (exact) mass is 288 g/mol. The van der Waals surface area contributed by atoms with E-state index in [1.54, 1.807) is 6.07 Å². The highest BCUT2D eigenvalue weighted by molar-refractivity contribution is 9.09. The molecule has 1 saturated carbocycles. The van der Waals surface area contributed by atoms with Crippen LogP contribution in [0.4, 0.5) is 8.78 Å². The Hall–Kier alpha value is -0.440. The molecule has 88 valence electrons. The van der Waals surface area contributed by atoms with Crippen molar-refractivity contribution in [1.82, 2.24) is 0 Å². The molecule has 1 fully saturated rings. The maximum Gasteiger partial charge on any atom is 0.159 e. The maximum absolute atomic E-state index is 13.1. The van der Waals surface area contributed by atoms with Crippen molar-refractivity contribution < 1.29 is 8.78 Å². The predicted octanol–water partition coefficient (Wildman–Crippen LogP) is 4.98. The van der Waals surface area contributed by atoms with Crippen LogP contribution in [0.3, 0.4) is 0 Å². The molecule has 1 atom stereocenters. The number of benzene rings is 1. The van der Waals surface area contributed by atoms with E-state index in [2.05, 4.69) is 15.9 Å². The summed E-state index contributed by atoms with van der Waals surface area (Å²) in [7, 11) is 0. The van der Waals surface area contributed by atoms with Crippen molar-refractivity contribution in [3.63, 3.8) is 0 Å². The fourth-order valence-corrected chi connectivity index (χ4v) is 3.20. The smallest absolute Gasteiger partial charge is 0.159 e. The molecular weight excluding hydrogens is 274 g/mol. The van der Waals surface area contributed by atoms with Gasteiger partial charge in [-0.05, 0) is 36.5 Å². The van der Waals surface area contributed by atoms with Gasteiger partial charge in [-0.2, -0.15) is 0 Å². The molecule has 0 bridgehead atoms. The zero-order valence-electron chi connectivity index (χ0n) is 9.06. The van der Waals surface area contributed by atoms with Crippen LogP contribution in [0.15, 0.2) is 18.2 Å². The molecule has 0 nitrogen and oxygen atoms in total. The van der Waals surface area contributed by atoms with E-state index in [0.29, 0.717) is 5.92 Å². The Morgan fingerprint density at radius 3 is 2.38 bits per heavy atom. The first-order chi connectivity index (χ1) is 7.68. The van der Waals surface area contributed by atoms with Crippen LogP contribution in [-0.4, -0.2) is 0 Å². The van der Waals surface area contributed by atoms with E-state index < -0.39 is 11.6 Å². The van der Waals surface area contributed by atoms with Crippen LogP contribution < -0.4 is 0 Å². The Labute approximate surface area is 103 Å². The second kappa shape index (κ2) is 5.26. The molecule has 0 aromatic heterocycles. The van der Waals surface area contributed by atoms with Crippen LogP contribution in [0.1, 0.15) is 42.5 Å². The number of alkyl halides is 1. The summed E-state index contributed by atoms with van der Waals surface area (Å²) in [5.41, 5.74) is 0.853. The summed E-state index contributed by atoms with van der Waals surface area (Å²) in [5, 5.41) is 0. The van der Waals surface area contributed by atoms with Gasteiger partial charge in [0.2, 0.25) is 0 Å². The third-order valence-corrected chi connectivity index (χ3v) is 4.60. The Bertz CT molecular complexity index is 359. The van der Waals surface area contributed by atoms with E-state index in [-0.39, 0.29) is 4.83 Å². The molecule has 0 amide bonds. The van der Waals surface area contributed by atoms with Crippen molar-refractivity contribution in [2.75, 3.05) is 0 Å². The Morgan fingerprint density at radius 2 is 1.75 bits per heavy atom. The van der Waals surface area contributed by atoms with Gasteiger partial charge in [0, 0.05) is 4.83 Å². The van der Waals surface area contributed by atoms with Gasteiger partial charge >= 0.3 is 0 Å². The van der Waals surface area contributed by atoms with Crippen molar-refractivity contribution in [2.24, 2.45) is 5.92 Å². The summed E-state index contributed by atoms with van der Waals surface area (Å²) in [4.78, 5) is 0.155. The lowest BCUT2D eigenvalue weighted by Crippen LogP contribution is -2.12. The summed E-state index contributed by atoms with van der Waals surface area (Å²) >= 11 is 3.62. The molecule has 0 spiro atoms. The highest BCUT2D eigenvalue weighted by Crippen LogP contribution is 2.40. The standard InChI is InChI=1S/C13H15BrF2/c14-13(9-4-2-1-3-5-9)10-6-7-11(15)12(16)8-10/h6-9,13H,1-5H2. The summed E-state index contributed by atoms with van der Waals surface area (Å²) in [6.45, 7) is 0. The maximum atomic E-state index is 13.1. The van der Waals surface area contributed by atoms with Crippen molar-refractivity contribution in [2.45, 2.75) is 36.9 Å². The van der Waals surface area contributed by atoms with Crippen LogP contribution in [0.5, 0.6) is 0 Å². The summed E-state index contributed by atoms with van der Waals surface area (Å²) in [6.07, 6.45) is 6.14. The highest BCUT2D eigenvalue weighted by Gasteiger charge is 2.23. The van der Waals surface area contributed by atoms with Crippen LogP contribution >= 0.6 is 15.9 Å². The first kappa shape index (κ1) is 12.0. The van der Waals surface area contributed by atoms with Crippen LogP contribution in [0.2, 0.25) is 0 Å². The minimum absolute atomic E-state index is 0.155. The first-order valence-electron chi connectivity index (χ1n) is 5.77. The zero-order valence-corrected chi connectivity index (χ0v) is 10.6. The normalized spacial score (nSPS) is 19.7. The average molecular weight is 289 g/mol. The van der Waals surface area contributed by atoms with E-state index >= 15 is 0 Å². The Morgan fingerprint density at radius 1 is 1.06 bits per heavy atom. The van der Waals surface area contributed by atoms with Gasteiger partial charge in [0.25, 0.3) is 0 Å². The fraction of sp³-hybridized carbons (Fsp3) is 0.538. The first-order valence-corrected chi connectivity index (χ1v) is 6.69. The van der Waals surface area contributed by atoms with Gasteiger partial charge in [-0.25, -0.2) is 8.78 Å². The lowest BCUT2D eigenvalue weighted by atomic mass is 9.85. The second-order valence-electron chi connectivity index (χ2n) is 4.47. The van der Waals surface area contributed by atoms with Gasteiger partial charge in [-0.1, -0.05) is 41.3 Å². The molecule has 0 heterocycles. The van der Waals surface area contributed by atoms with Gasteiger partial charge in [-0.3, -0.25) is 0 Å². The lowest BCUT2D eigenvalue weighted by molar-refractivity contribution is 0.354. The summed E-state index contributed by atoms with van der Waals surface area (Å²) in [6, 6.07) is 4.19. The molecule has 3 heteroatoms. The molecule has 1 aliphatic carbocycles. The molecule has 2 rings (SSSR count). The van der Waals surface area contributed by atoms with Crippen molar-refractivity contribution >= 4 is 15.9 Å². The highest BCUT2D eigenvalue weighted by atomic mass is 79.9. The number of halogens is 3. The predicted molar refractivity (Wildman–Crippen MR) is 64.6 cm³/mol. The third-order valence-electron chi connectivity index (χ3n) is 3.33. The number of hydrogen-bond donors (Lipinski definition) is 0. The molecule has 0 aliphatic heterocycles. The molecule has 0 radical (unpaired) electrons. The Balaban J connectivity index is 2.12. The van der Waals surface area contributed by atoms with Gasteiger partial charge in [0.05, 0.1) is 0 Å². The van der Waals surface area contributed by atoms with E-state index in [1.165, 1.54) is 44.2 Å². The lowest BCUT2D eigenvalue weighted by Gasteiger charge is -2.26. The molecule has 1 aliphatic rings. The van der Waals surface area contributed by atoms with Crippen LogP contribution in [-0.2, 0) is 0 Å². The fourth-order valence-electron chi connectivity index (χ4n) is 2.38. The minimum Gasteiger partial charge on any atom is -0.204 e. The van der Waals surface area contributed by atoms with Crippen molar-refractivity contribution in [1.29, 1.82) is 0 Å². The quantitative estimate of drug-likeness (QED) is 0.673. The topological polar surface area (TPSA) is 0 Å². The molecule has 0 saturated heterocycles. The van der Waals surface area contributed by atoms with Gasteiger partial charge < -0.3 is 0 Å². The van der Waals surface area contributed by atoms with E-state index in [9.17, 15) is 8.78 Å². The number of rotatable bonds is 2. The zero-order chi connectivity index (χ0) is 11.5. The van der Waals surface area contributed by atoms with Gasteiger partial charge in [0.1, 0.15) is 0 Å². The van der Waals surface area contributed by atoms with Crippen molar-refractivity contribution in [3.05, 3.63) is 35.4 Å². The molecule has 0 N–H and O–H groups in total. The largest absolute Gasteiger partial charge is 0.204 e. The van der Waals surface area contributed by atoms with Gasteiger partial charge in [0.15, 0.2) is 11.6 Å². The van der Waals surface area contributed by atoms with E-state index in [4.69, 9.17) is 0 Å². The number of hydrogen-bond acceptors (Lipinski definition) is 0. The summed E-state index contributed by atoms with van der Waals surface area (Å²) < 4.78 is 25.9. The van der Waals surface area contributed by atoms with Gasteiger partial charge in [-0.15, -0.1) is 0 Å². The summed E-state index contributed by atoms with van der Waals surface area (Å²) in [5.74, 6) is -0.969. The molecule has 1 aromatic carbocycles.